The number of nitrogens with one attached hydrogen (secondary N) is 1. The van der Waals surface area contributed by atoms with Crippen LogP contribution < -0.4 is 11.1 Å². The number of nitrogens with two attached hydrogens (primary N) is 1. The molecule has 3 amide bonds. The van der Waals surface area contributed by atoms with Gasteiger partial charge < -0.3 is 10.5 Å². The van der Waals surface area contributed by atoms with Crippen LogP contribution in [-0.4, -0.2) is 24.5 Å². The number of hydrogen-bond donors (Lipinski definition) is 2. The molecule has 1 heterocycles. The van der Waals surface area contributed by atoms with Gasteiger partial charge in [0.15, 0.2) is 6.61 Å². The molecule has 21 heavy (non-hydrogen) atoms. The summed E-state index contributed by atoms with van der Waals surface area (Å²) in [5.41, 5.74) is 6.01. The van der Waals surface area contributed by atoms with E-state index in [0.717, 1.165) is 25.7 Å². The fraction of sp³-hybridized carbons (Fsp3) is 0.500. The van der Waals surface area contributed by atoms with Crippen LogP contribution in [0.3, 0.4) is 0 Å². The molecule has 0 fully saturated rings. The number of thiophene rings is 1. The van der Waals surface area contributed by atoms with Crippen molar-refractivity contribution in [3.05, 3.63) is 21.4 Å². The van der Waals surface area contributed by atoms with E-state index in [1.165, 1.54) is 34.6 Å². The van der Waals surface area contributed by atoms with Crippen LogP contribution in [0.4, 0.5) is 4.79 Å². The highest BCUT2D eigenvalue weighted by atomic mass is 32.1. The predicted octanol–water partition coefficient (Wildman–Crippen LogP) is 1.76. The number of esters is 1. The third-order valence-corrected chi connectivity index (χ3v) is 4.51. The zero-order valence-electron chi connectivity index (χ0n) is 11.6. The van der Waals surface area contributed by atoms with Gasteiger partial charge >= 0.3 is 12.0 Å². The molecule has 0 saturated heterocycles. The molecule has 6 nitrogen and oxygen atoms in total. The second kappa shape index (κ2) is 7.21. The summed E-state index contributed by atoms with van der Waals surface area (Å²) >= 11 is 1.43. The van der Waals surface area contributed by atoms with Crippen molar-refractivity contribution in [2.45, 2.75) is 38.5 Å². The average molecular weight is 310 g/mol. The van der Waals surface area contributed by atoms with Crippen molar-refractivity contribution in [1.82, 2.24) is 5.32 Å². The maximum absolute atomic E-state index is 11.9. The van der Waals surface area contributed by atoms with E-state index < -0.39 is 24.5 Å². The van der Waals surface area contributed by atoms with E-state index in [9.17, 15) is 14.4 Å². The third kappa shape index (κ3) is 4.56. The van der Waals surface area contributed by atoms with Crippen LogP contribution in [0.1, 0.15) is 45.8 Å². The van der Waals surface area contributed by atoms with E-state index in [2.05, 4.69) is 0 Å². The first-order valence-corrected chi connectivity index (χ1v) is 7.76. The predicted molar refractivity (Wildman–Crippen MR) is 78.2 cm³/mol. The number of rotatable bonds is 3. The molecule has 0 unspecified atom stereocenters. The molecule has 7 heteroatoms. The van der Waals surface area contributed by atoms with Gasteiger partial charge in [0.2, 0.25) is 0 Å². The van der Waals surface area contributed by atoms with Gasteiger partial charge in [-0.15, -0.1) is 11.3 Å². The van der Waals surface area contributed by atoms with Gasteiger partial charge in [-0.25, -0.2) is 9.59 Å². The number of hydrogen-bond acceptors (Lipinski definition) is 5. The van der Waals surface area contributed by atoms with E-state index in [0.29, 0.717) is 4.88 Å². The molecule has 0 aromatic carbocycles. The normalized spacial score (nSPS) is 14.5. The maximum Gasteiger partial charge on any atom is 0.348 e. The Morgan fingerprint density at radius 2 is 1.90 bits per heavy atom. The summed E-state index contributed by atoms with van der Waals surface area (Å²) in [6, 6.07) is 0.898. The number of amides is 3. The maximum atomic E-state index is 11.9. The minimum atomic E-state index is -0.963. The molecule has 0 spiro atoms. The van der Waals surface area contributed by atoms with Gasteiger partial charge in [-0.2, -0.15) is 0 Å². The zero-order valence-corrected chi connectivity index (χ0v) is 12.5. The Morgan fingerprint density at radius 3 is 2.62 bits per heavy atom. The Hall–Kier alpha value is -1.89. The van der Waals surface area contributed by atoms with Gasteiger partial charge in [0.25, 0.3) is 5.91 Å². The number of aryl methyl sites for hydroxylation is 2. The lowest BCUT2D eigenvalue weighted by Gasteiger charge is -2.07. The first kappa shape index (κ1) is 15.5. The lowest BCUT2D eigenvalue weighted by molar-refractivity contribution is -0.123. The van der Waals surface area contributed by atoms with Crippen LogP contribution >= 0.6 is 11.3 Å². The van der Waals surface area contributed by atoms with Gasteiger partial charge in [-0.3, -0.25) is 10.1 Å². The average Bonchev–Trinajstić information content (AvgIpc) is 2.78. The van der Waals surface area contributed by atoms with Crippen molar-refractivity contribution < 1.29 is 19.1 Å². The van der Waals surface area contributed by atoms with Crippen molar-refractivity contribution in [1.29, 1.82) is 0 Å². The molecule has 0 aliphatic heterocycles. The zero-order chi connectivity index (χ0) is 15.2. The Morgan fingerprint density at radius 1 is 1.19 bits per heavy atom. The smallest absolute Gasteiger partial charge is 0.348 e. The minimum absolute atomic E-state index is 0.508. The highest BCUT2D eigenvalue weighted by Crippen LogP contribution is 2.28. The van der Waals surface area contributed by atoms with Crippen LogP contribution in [0.2, 0.25) is 0 Å². The molecule has 1 aromatic heterocycles. The molecule has 0 atom stereocenters. The molecular formula is C14H18N2O4S. The summed E-state index contributed by atoms with van der Waals surface area (Å²) in [5, 5.41) is 1.84. The molecule has 0 saturated carbocycles. The summed E-state index contributed by atoms with van der Waals surface area (Å²) < 4.78 is 4.88. The van der Waals surface area contributed by atoms with Gasteiger partial charge in [0.1, 0.15) is 4.88 Å². The number of ether oxygens (including phenoxy) is 1. The molecule has 1 aliphatic rings. The lowest BCUT2D eigenvalue weighted by atomic mass is 10.00. The number of urea groups is 1. The summed E-state index contributed by atoms with van der Waals surface area (Å²) in [6.45, 7) is -0.510. The minimum Gasteiger partial charge on any atom is -0.451 e. The fourth-order valence-corrected chi connectivity index (χ4v) is 3.47. The quantitative estimate of drug-likeness (QED) is 0.831. The largest absolute Gasteiger partial charge is 0.451 e. The van der Waals surface area contributed by atoms with E-state index in [1.807, 2.05) is 11.4 Å². The first-order valence-electron chi connectivity index (χ1n) is 6.94. The van der Waals surface area contributed by atoms with Crippen molar-refractivity contribution >= 4 is 29.2 Å². The highest BCUT2D eigenvalue weighted by Gasteiger charge is 2.18. The van der Waals surface area contributed by atoms with E-state index >= 15 is 0 Å². The van der Waals surface area contributed by atoms with Crippen LogP contribution in [0, 0.1) is 0 Å². The fourth-order valence-electron chi connectivity index (χ4n) is 2.32. The SMILES string of the molecule is NC(=O)NC(=O)COC(=O)c1cc2c(s1)CCCCCC2. The summed E-state index contributed by atoms with van der Waals surface area (Å²) in [6.07, 6.45) is 6.71. The Balaban J connectivity index is 1.95. The molecule has 1 aromatic rings. The van der Waals surface area contributed by atoms with Gasteiger partial charge in [0.05, 0.1) is 0 Å². The summed E-state index contributed by atoms with van der Waals surface area (Å²) in [5.74, 6) is -1.27. The Kier molecular flexibility index (Phi) is 5.32. The molecule has 1 aliphatic carbocycles. The number of primary amides is 1. The number of carbonyl (C=O) groups is 3. The summed E-state index contributed by atoms with van der Waals surface area (Å²) in [4.78, 5) is 35.3. The van der Waals surface area contributed by atoms with Crippen LogP contribution in [0.25, 0.3) is 0 Å². The molecule has 2 rings (SSSR count). The molecule has 114 valence electrons. The highest BCUT2D eigenvalue weighted by molar-refractivity contribution is 7.14. The summed E-state index contributed by atoms with van der Waals surface area (Å²) in [7, 11) is 0. The molecular weight excluding hydrogens is 292 g/mol. The number of imide groups is 1. The van der Waals surface area contributed by atoms with E-state index in [-0.39, 0.29) is 0 Å². The number of fused-ring (bicyclic) bond motifs is 1. The standard InChI is InChI=1S/C14H18N2O4S/c15-14(19)16-12(17)8-20-13(18)11-7-9-5-3-1-2-4-6-10(9)21-11/h7H,1-6,8H2,(H3,15,16,17,19). The van der Waals surface area contributed by atoms with Crippen molar-refractivity contribution in [3.63, 3.8) is 0 Å². The molecule has 3 N–H and O–H groups in total. The van der Waals surface area contributed by atoms with E-state index in [1.54, 1.807) is 0 Å². The van der Waals surface area contributed by atoms with Crippen LogP contribution in [0.15, 0.2) is 6.07 Å². The van der Waals surface area contributed by atoms with Crippen molar-refractivity contribution in [3.8, 4) is 0 Å². The molecule has 0 radical (unpaired) electrons. The van der Waals surface area contributed by atoms with Gasteiger partial charge in [-0.05, 0) is 37.3 Å². The van der Waals surface area contributed by atoms with Gasteiger partial charge in [-0.1, -0.05) is 12.8 Å². The van der Waals surface area contributed by atoms with Crippen molar-refractivity contribution in [2.75, 3.05) is 6.61 Å². The first-order chi connectivity index (χ1) is 10.1. The van der Waals surface area contributed by atoms with Crippen LogP contribution in [0.5, 0.6) is 0 Å². The Bertz CT molecular complexity index is 528. The van der Waals surface area contributed by atoms with Crippen molar-refractivity contribution in [2.24, 2.45) is 5.73 Å². The topological polar surface area (TPSA) is 98.5 Å². The lowest BCUT2D eigenvalue weighted by Crippen LogP contribution is -2.37. The van der Waals surface area contributed by atoms with E-state index in [4.69, 9.17) is 10.5 Å². The molecule has 0 bridgehead atoms. The van der Waals surface area contributed by atoms with Gasteiger partial charge in [0, 0.05) is 4.88 Å². The second-order valence-corrected chi connectivity index (χ2v) is 6.10. The second-order valence-electron chi connectivity index (χ2n) is 4.96. The monoisotopic (exact) mass is 310 g/mol. The third-order valence-electron chi connectivity index (χ3n) is 3.29. The van der Waals surface area contributed by atoms with Crippen LogP contribution in [-0.2, 0) is 22.4 Å². The number of carbonyl (C=O) groups excluding carboxylic acids is 3. The Labute approximate surface area is 126 Å².